The van der Waals surface area contributed by atoms with Crippen molar-refractivity contribution in [2.75, 3.05) is 18.2 Å². The number of allylic oxidation sites excluding steroid dienone is 1. The van der Waals surface area contributed by atoms with Crippen LogP contribution in [-0.4, -0.2) is 28.0 Å². The molecule has 4 aromatic rings. The monoisotopic (exact) mass is 478 g/mol. The van der Waals surface area contributed by atoms with Gasteiger partial charge in [-0.1, -0.05) is 42.5 Å². The molecule has 1 aromatic heterocycles. The molecule has 0 amide bonds. The number of hydrogen-bond acceptors (Lipinski definition) is 9. The van der Waals surface area contributed by atoms with Gasteiger partial charge in [0.05, 0.1) is 18.2 Å². The summed E-state index contributed by atoms with van der Waals surface area (Å²) in [5.41, 5.74) is 9.02. The third-order valence-electron chi connectivity index (χ3n) is 5.02. The number of nitrogens with two attached hydrogens (primary N) is 1. The molecule has 3 N–H and O–H groups in total. The van der Waals surface area contributed by atoms with Crippen LogP contribution >= 0.6 is 0 Å². The molecule has 0 aliphatic rings. The molecule has 0 aliphatic heterocycles. The predicted octanol–water partition coefficient (Wildman–Crippen LogP) is 4.63. The van der Waals surface area contributed by atoms with Crippen molar-refractivity contribution in [3.63, 3.8) is 0 Å². The molecule has 9 heteroatoms. The molecule has 3 aromatic carbocycles. The molecule has 0 unspecified atom stereocenters. The summed E-state index contributed by atoms with van der Waals surface area (Å²) in [6, 6.07) is 25.7. The van der Waals surface area contributed by atoms with Crippen LogP contribution in [0.3, 0.4) is 0 Å². The lowest BCUT2D eigenvalue weighted by atomic mass is 10.1. The molecule has 0 saturated heterocycles. The van der Waals surface area contributed by atoms with Crippen LogP contribution in [0.1, 0.15) is 27.3 Å². The van der Waals surface area contributed by atoms with Crippen LogP contribution in [0.25, 0.3) is 11.6 Å². The highest BCUT2D eigenvalue weighted by Crippen LogP contribution is 2.21. The number of carbonyl (C=O) groups excluding carboxylic acids is 1. The van der Waals surface area contributed by atoms with Gasteiger partial charge in [-0.2, -0.15) is 20.2 Å². The Morgan fingerprint density at radius 3 is 2.39 bits per heavy atom. The van der Waals surface area contributed by atoms with Gasteiger partial charge in [0.15, 0.2) is 5.82 Å². The number of methoxy groups -OCH3 is 1. The minimum absolute atomic E-state index is 0.00273. The van der Waals surface area contributed by atoms with Crippen LogP contribution in [0.2, 0.25) is 0 Å². The molecule has 0 spiro atoms. The Bertz CT molecular complexity index is 1410. The van der Waals surface area contributed by atoms with Crippen molar-refractivity contribution in [2.45, 2.75) is 6.61 Å². The lowest BCUT2D eigenvalue weighted by Gasteiger charge is -2.08. The van der Waals surface area contributed by atoms with Gasteiger partial charge in [-0.3, -0.25) is 0 Å². The molecule has 0 radical (unpaired) electrons. The van der Waals surface area contributed by atoms with Crippen LogP contribution in [0, 0.1) is 11.3 Å². The fraction of sp³-hybridized carbons (Fsp3) is 0.0741. The van der Waals surface area contributed by atoms with E-state index in [2.05, 4.69) is 26.3 Å². The van der Waals surface area contributed by atoms with Gasteiger partial charge in [0.1, 0.15) is 18.4 Å². The Balaban J connectivity index is 1.44. The predicted molar refractivity (Wildman–Crippen MR) is 136 cm³/mol. The zero-order valence-electron chi connectivity index (χ0n) is 19.4. The van der Waals surface area contributed by atoms with Crippen molar-refractivity contribution < 1.29 is 14.3 Å². The highest BCUT2D eigenvalue weighted by atomic mass is 16.5. The molecule has 0 saturated carbocycles. The number of nitrogen functional groups attached to an aromatic ring is 1. The average molecular weight is 479 g/mol. The largest absolute Gasteiger partial charge is 0.489 e. The third kappa shape index (κ3) is 6.21. The topological polar surface area (TPSA) is 136 Å². The maximum atomic E-state index is 11.5. The van der Waals surface area contributed by atoms with Crippen molar-refractivity contribution in [3.8, 4) is 11.8 Å². The Morgan fingerprint density at radius 1 is 1.00 bits per heavy atom. The third-order valence-corrected chi connectivity index (χ3v) is 5.02. The summed E-state index contributed by atoms with van der Waals surface area (Å²) in [5.74, 6) is 0.683. The molecular formula is C27H22N6O3. The van der Waals surface area contributed by atoms with E-state index in [-0.39, 0.29) is 29.3 Å². The number of aromatic nitrogens is 3. The van der Waals surface area contributed by atoms with Gasteiger partial charge in [0, 0.05) is 5.69 Å². The second-order valence-electron chi connectivity index (χ2n) is 7.55. The fourth-order valence-corrected chi connectivity index (χ4v) is 3.21. The summed E-state index contributed by atoms with van der Waals surface area (Å²) in [6.45, 7) is 0.335. The van der Waals surface area contributed by atoms with E-state index in [9.17, 15) is 10.1 Å². The van der Waals surface area contributed by atoms with E-state index in [1.807, 2.05) is 54.6 Å². The van der Waals surface area contributed by atoms with Gasteiger partial charge in [-0.05, 0) is 53.6 Å². The number of nitriles is 1. The minimum atomic E-state index is -0.383. The number of esters is 1. The van der Waals surface area contributed by atoms with E-state index in [1.165, 1.54) is 7.11 Å². The number of rotatable bonds is 8. The molecule has 1 heterocycles. The van der Waals surface area contributed by atoms with Crippen molar-refractivity contribution in [1.82, 2.24) is 15.0 Å². The molecule has 0 fully saturated rings. The van der Waals surface area contributed by atoms with Crippen LogP contribution in [0.5, 0.6) is 5.75 Å². The molecule has 0 aliphatic carbocycles. The zero-order valence-corrected chi connectivity index (χ0v) is 19.4. The number of anilines is 3. The first-order valence-electron chi connectivity index (χ1n) is 10.9. The van der Waals surface area contributed by atoms with E-state index < -0.39 is 0 Å². The summed E-state index contributed by atoms with van der Waals surface area (Å²) in [4.78, 5) is 24.1. The first kappa shape index (κ1) is 23.9. The van der Waals surface area contributed by atoms with Gasteiger partial charge >= 0.3 is 5.97 Å². The van der Waals surface area contributed by atoms with E-state index in [1.54, 1.807) is 30.3 Å². The summed E-state index contributed by atoms with van der Waals surface area (Å²) < 4.78 is 10.5. The number of para-hydroxylation sites is 1. The Kier molecular flexibility index (Phi) is 7.48. The Labute approximate surface area is 207 Å². The van der Waals surface area contributed by atoms with Gasteiger partial charge in [-0.15, -0.1) is 0 Å². The highest BCUT2D eigenvalue weighted by molar-refractivity contribution is 5.89. The van der Waals surface area contributed by atoms with E-state index in [0.29, 0.717) is 17.9 Å². The van der Waals surface area contributed by atoms with Gasteiger partial charge < -0.3 is 20.5 Å². The maximum Gasteiger partial charge on any atom is 0.337 e. The standard InChI is InChI=1S/C27H22N6O3/c1-35-25(34)20-11-7-19(8-12-20)17-36-23-13-9-18(10-14-23)15-21(16-28)24-31-26(29)33-27(32-24)30-22-5-3-2-4-6-22/h2-15H,17H2,1H3,(H3,29,30,31,32,33)/b21-15+. The number of ether oxygens (including phenoxy) is 2. The number of benzene rings is 3. The van der Waals surface area contributed by atoms with Gasteiger partial charge in [-0.25, -0.2) is 4.79 Å². The fourth-order valence-electron chi connectivity index (χ4n) is 3.21. The van der Waals surface area contributed by atoms with Crippen molar-refractivity contribution in [1.29, 1.82) is 5.26 Å². The Morgan fingerprint density at radius 2 is 1.72 bits per heavy atom. The Hall–Kier alpha value is -5.23. The second-order valence-corrected chi connectivity index (χ2v) is 7.55. The quantitative estimate of drug-likeness (QED) is 0.274. The summed E-state index contributed by atoms with van der Waals surface area (Å²) >= 11 is 0. The minimum Gasteiger partial charge on any atom is -0.489 e. The number of nitrogens with one attached hydrogen (secondary N) is 1. The highest BCUT2D eigenvalue weighted by Gasteiger charge is 2.10. The molecule has 178 valence electrons. The van der Waals surface area contributed by atoms with Crippen molar-refractivity contribution in [2.24, 2.45) is 0 Å². The maximum absolute atomic E-state index is 11.5. The van der Waals surface area contributed by atoms with Gasteiger partial charge in [0.25, 0.3) is 0 Å². The van der Waals surface area contributed by atoms with E-state index in [4.69, 9.17) is 15.2 Å². The second kappa shape index (κ2) is 11.3. The van der Waals surface area contributed by atoms with Crippen LogP contribution in [0.15, 0.2) is 78.9 Å². The summed E-state index contributed by atoms with van der Waals surface area (Å²) in [7, 11) is 1.35. The van der Waals surface area contributed by atoms with Crippen molar-refractivity contribution in [3.05, 3.63) is 101 Å². The summed E-state index contributed by atoms with van der Waals surface area (Å²) in [5, 5.41) is 12.8. The smallest absolute Gasteiger partial charge is 0.337 e. The average Bonchev–Trinajstić information content (AvgIpc) is 2.91. The van der Waals surface area contributed by atoms with E-state index in [0.717, 1.165) is 16.8 Å². The number of hydrogen-bond donors (Lipinski definition) is 2. The SMILES string of the molecule is COC(=O)c1ccc(COc2ccc(/C=C(\C#N)c3nc(N)nc(Nc4ccccc4)n3)cc2)cc1. The van der Waals surface area contributed by atoms with Crippen LogP contribution in [0.4, 0.5) is 17.6 Å². The lowest BCUT2D eigenvalue weighted by molar-refractivity contribution is 0.0600. The molecule has 9 nitrogen and oxygen atoms in total. The molecule has 36 heavy (non-hydrogen) atoms. The number of nitrogens with zero attached hydrogens (tertiary/aromatic N) is 4. The lowest BCUT2D eigenvalue weighted by Crippen LogP contribution is -2.06. The summed E-state index contributed by atoms with van der Waals surface area (Å²) in [6.07, 6.45) is 1.66. The van der Waals surface area contributed by atoms with Gasteiger partial charge in [0.2, 0.25) is 11.9 Å². The first-order chi connectivity index (χ1) is 17.5. The first-order valence-corrected chi connectivity index (χ1v) is 10.9. The molecule has 0 bridgehead atoms. The molecule has 0 atom stereocenters. The molecule has 4 rings (SSSR count). The number of carbonyl (C=O) groups is 1. The zero-order chi connectivity index (χ0) is 25.3. The molecular weight excluding hydrogens is 456 g/mol. The van der Waals surface area contributed by atoms with Crippen molar-refractivity contribution >= 4 is 35.2 Å². The normalized spacial score (nSPS) is 10.8. The van der Waals surface area contributed by atoms with E-state index >= 15 is 0 Å². The van der Waals surface area contributed by atoms with Crippen LogP contribution in [-0.2, 0) is 11.3 Å². The van der Waals surface area contributed by atoms with Crippen LogP contribution < -0.4 is 15.8 Å².